The molecule has 1 fully saturated rings. The second-order valence-corrected chi connectivity index (χ2v) is 4.98. The van der Waals surface area contributed by atoms with Gasteiger partial charge in [0.1, 0.15) is 5.82 Å². The van der Waals surface area contributed by atoms with Crippen molar-refractivity contribution in [1.82, 2.24) is 14.6 Å². The third kappa shape index (κ3) is 2.18. The lowest BCUT2D eigenvalue weighted by Gasteiger charge is -2.31. The maximum Gasteiger partial charge on any atom is 0.157 e. The normalized spacial score (nSPS) is 24.3. The summed E-state index contributed by atoms with van der Waals surface area (Å²) in [6.45, 7) is 0.757. The zero-order valence-corrected chi connectivity index (χ0v) is 10.4. The molecule has 0 saturated heterocycles. The van der Waals surface area contributed by atoms with E-state index in [1.165, 1.54) is 25.7 Å². The summed E-state index contributed by atoms with van der Waals surface area (Å²) >= 11 is 0. The van der Waals surface area contributed by atoms with E-state index >= 15 is 0 Å². The zero-order chi connectivity index (χ0) is 12.4. The molecule has 0 bridgehead atoms. The van der Waals surface area contributed by atoms with E-state index in [9.17, 15) is 0 Å². The Morgan fingerprint density at radius 2 is 2.22 bits per heavy atom. The maximum absolute atomic E-state index is 5.85. The monoisotopic (exact) mass is 245 g/mol. The minimum Gasteiger partial charge on any atom is -0.367 e. The van der Waals surface area contributed by atoms with Gasteiger partial charge in [0.25, 0.3) is 0 Å². The molecule has 2 heterocycles. The Labute approximate surface area is 106 Å². The van der Waals surface area contributed by atoms with Crippen LogP contribution in [0.3, 0.4) is 0 Å². The Kier molecular flexibility index (Phi) is 3.15. The second kappa shape index (κ2) is 4.94. The molecule has 5 nitrogen and oxygen atoms in total. The van der Waals surface area contributed by atoms with Crippen LogP contribution in [-0.4, -0.2) is 27.2 Å². The van der Waals surface area contributed by atoms with E-state index in [1.807, 2.05) is 18.3 Å². The van der Waals surface area contributed by atoms with Crippen molar-refractivity contribution in [2.24, 2.45) is 11.7 Å². The number of fused-ring (bicyclic) bond motifs is 1. The highest BCUT2D eigenvalue weighted by Gasteiger charge is 2.23. The third-order valence-corrected chi connectivity index (χ3v) is 3.80. The van der Waals surface area contributed by atoms with Crippen molar-refractivity contribution in [3.05, 3.63) is 24.5 Å². The number of anilines is 1. The molecule has 96 valence electrons. The van der Waals surface area contributed by atoms with Crippen molar-refractivity contribution in [2.45, 2.75) is 31.7 Å². The van der Waals surface area contributed by atoms with E-state index in [1.54, 1.807) is 10.7 Å². The molecule has 2 aromatic rings. The van der Waals surface area contributed by atoms with Crippen molar-refractivity contribution in [2.75, 3.05) is 11.9 Å². The largest absolute Gasteiger partial charge is 0.367 e. The van der Waals surface area contributed by atoms with Crippen LogP contribution in [0.1, 0.15) is 25.7 Å². The van der Waals surface area contributed by atoms with Gasteiger partial charge >= 0.3 is 0 Å². The van der Waals surface area contributed by atoms with Gasteiger partial charge in [-0.2, -0.15) is 5.10 Å². The van der Waals surface area contributed by atoms with Crippen LogP contribution in [0.2, 0.25) is 0 Å². The van der Waals surface area contributed by atoms with Crippen LogP contribution in [0, 0.1) is 5.92 Å². The Morgan fingerprint density at radius 3 is 3.11 bits per heavy atom. The fourth-order valence-electron chi connectivity index (χ4n) is 2.76. The molecule has 0 aliphatic heterocycles. The molecule has 0 radical (unpaired) electrons. The minimum atomic E-state index is 0.460. The highest BCUT2D eigenvalue weighted by Crippen LogP contribution is 2.26. The van der Waals surface area contributed by atoms with Gasteiger partial charge in [0.05, 0.1) is 6.20 Å². The van der Waals surface area contributed by atoms with Gasteiger partial charge in [-0.25, -0.2) is 9.50 Å². The first kappa shape index (κ1) is 11.5. The van der Waals surface area contributed by atoms with Crippen LogP contribution in [0.25, 0.3) is 5.65 Å². The van der Waals surface area contributed by atoms with E-state index < -0.39 is 0 Å². The van der Waals surface area contributed by atoms with Gasteiger partial charge in [-0.3, -0.25) is 0 Å². The van der Waals surface area contributed by atoms with E-state index in [2.05, 4.69) is 15.4 Å². The molecule has 2 aromatic heterocycles. The summed E-state index contributed by atoms with van der Waals surface area (Å²) < 4.78 is 1.77. The summed E-state index contributed by atoms with van der Waals surface area (Å²) in [6, 6.07) is 4.34. The van der Waals surface area contributed by atoms with Gasteiger partial charge in [-0.15, -0.1) is 0 Å². The van der Waals surface area contributed by atoms with E-state index in [4.69, 9.17) is 5.73 Å². The van der Waals surface area contributed by atoms with Crippen molar-refractivity contribution < 1.29 is 0 Å². The van der Waals surface area contributed by atoms with E-state index in [0.717, 1.165) is 18.0 Å². The summed E-state index contributed by atoms with van der Waals surface area (Å²) in [5, 5.41) is 7.68. The lowest BCUT2D eigenvalue weighted by Crippen LogP contribution is -2.36. The molecule has 0 amide bonds. The van der Waals surface area contributed by atoms with Gasteiger partial charge in [-0.05, 0) is 31.4 Å². The Morgan fingerprint density at radius 1 is 1.33 bits per heavy atom. The number of nitrogens with one attached hydrogen (secondary N) is 1. The average Bonchev–Trinajstić information content (AvgIpc) is 2.87. The van der Waals surface area contributed by atoms with Gasteiger partial charge < -0.3 is 11.1 Å². The maximum atomic E-state index is 5.85. The SMILES string of the molecule is NCC1CCCCC1Nc1ccn2nccc2n1. The molecule has 5 heteroatoms. The second-order valence-electron chi connectivity index (χ2n) is 4.98. The lowest BCUT2D eigenvalue weighted by molar-refractivity contribution is 0.332. The Hall–Kier alpha value is -1.62. The predicted octanol–water partition coefficient (Wildman–Crippen LogP) is 1.66. The van der Waals surface area contributed by atoms with E-state index in [0.29, 0.717) is 12.0 Å². The zero-order valence-electron chi connectivity index (χ0n) is 10.4. The van der Waals surface area contributed by atoms with Crippen molar-refractivity contribution >= 4 is 11.5 Å². The average molecular weight is 245 g/mol. The molecule has 3 N–H and O–H groups in total. The summed E-state index contributed by atoms with van der Waals surface area (Å²) in [7, 11) is 0. The van der Waals surface area contributed by atoms with Crippen molar-refractivity contribution in [3.63, 3.8) is 0 Å². The standard InChI is InChI=1S/C13H19N5/c14-9-10-3-1-2-4-11(10)16-12-6-8-18-13(17-12)5-7-15-18/h5-8,10-11H,1-4,9,14H2,(H,16,17). The Bertz CT molecular complexity index is 521. The lowest BCUT2D eigenvalue weighted by atomic mass is 9.84. The van der Waals surface area contributed by atoms with Crippen LogP contribution >= 0.6 is 0 Å². The third-order valence-electron chi connectivity index (χ3n) is 3.80. The fraction of sp³-hybridized carbons (Fsp3) is 0.538. The van der Waals surface area contributed by atoms with Gasteiger partial charge in [-0.1, -0.05) is 12.8 Å². The van der Waals surface area contributed by atoms with Crippen LogP contribution in [0.15, 0.2) is 24.5 Å². The minimum absolute atomic E-state index is 0.460. The molecular weight excluding hydrogens is 226 g/mol. The summed E-state index contributed by atoms with van der Waals surface area (Å²) in [6.07, 6.45) is 8.69. The molecule has 0 spiro atoms. The highest BCUT2D eigenvalue weighted by atomic mass is 15.2. The van der Waals surface area contributed by atoms with Gasteiger partial charge in [0, 0.05) is 18.3 Å². The fourth-order valence-corrected chi connectivity index (χ4v) is 2.76. The van der Waals surface area contributed by atoms with E-state index in [-0.39, 0.29) is 0 Å². The van der Waals surface area contributed by atoms with Gasteiger partial charge in [0.15, 0.2) is 5.65 Å². The molecule has 2 unspecified atom stereocenters. The molecule has 3 rings (SSSR count). The molecule has 2 atom stereocenters. The van der Waals surface area contributed by atoms with Crippen molar-refractivity contribution in [1.29, 1.82) is 0 Å². The van der Waals surface area contributed by atoms with Crippen LogP contribution in [-0.2, 0) is 0 Å². The number of aromatic nitrogens is 3. The number of rotatable bonds is 3. The molecule has 1 aliphatic carbocycles. The predicted molar refractivity (Wildman–Crippen MR) is 71.4 cm³/mol. The van der Waals surface area contributed by atoms with Crippen molar-refractivity contribution in [3.8, 4) is 0 Å². The van der Waals surface area contributed by atoms with Crippen LogP contribution in [0.5, 0.6) is 0 Å². The first-order valence-corrected chi connectivity index (χ1v) is 6.64. The molecular formula is C13H19N5. The topological polar surface area (TPSA) is 68.2 Å². The molecule has 0 aromatic carbocycles. The molecule has 1 aliphatic rings. The smallest absolute Gasteiger partial charge is 0.157 e. The van der Waals surface area contributed by atoms with Gasteiger partial charge in [0.2, 0.25) is 0 Å². The number of nitrogens with two attached hydrogens (primary N) is 1. The first-order valence-electron chi connectivity index (χ1n) is 6.64. The summed E-state index contributed by atoms with van der Waals surface area (Å²) in [5.41, 5.74) is 6.72. The molecule has 18 heavy (non-hydrogen) atoms. The Balaban J connectivity index is 1.77. The van der Waals surface area contributed by atoms with Crippen LogP contribution < -0.4 is 11.1 Å². The number of hydrogen-bond acceptors (Lipinski definition) is 4. The highest BCUT2D eigenvalue weighted by molar-refractivity contribution is 5.46. The number of nitrogens with zero attached hydrogens (tertiary/aromatic N) is 3. The number of hydrogen-bond donors (Lipinski definition) is 2. The summed E-state index contributed by atoms with van der Waals surface area (Å²) in [5.74, 6) is 1.50. The summed E-state index contributed by atoms with van der Waals surface area (Å²) in [4.78, 5) is 4.55. The first-order chi connectivity index (χ1) is 8.86. The quantitative estimate of drug-likeness (QED) is 0.863. The van der Waals surface area contributed by atoms with Crippen LogP contribution in [0.4, 0.5) is 5.82 Å². The molecule has 1 saturated carbocycles.